The number of nitrogens with one attached hydrogen (secondary N) is 1. The van der Waals surface area contributed by atoms with E-state index >= 15 is 0 Å². The van der Waals surface area contributed by atoms with E-state index in [9.17, 15) is 9.59 Å². The van der Waals surface area contributed by atoms with Gasteiger partial charge in [-0.05, 0) is 37.3 Å². The van der Waals surface area contributed by atoms with Crippen molar-refractivity contribution in [2.75, 3.05) is 20.3 Å². The van der Waals surface area contributed by atoms with E-state index in [1.54, 1.807) is 7.11 Å². The van der Waals surface area contributed by atoms with Crippen molar-refractivity contribution in [3.05, 3.63) is 35.4 Å². The van der Waals surface area contributed by atoms with Crippen molar-refractivity contribution in [1.29, 1.82) is 0 Å². The van der Waals surface area contributed by atoms with Gasteiger partial charge in [0.05, 0.1) is 18.6 Å². The molecule has 1 saturated carbocycles. The number of hydrogen-bond donors (Lipinski definition) is 1. The van der Waals surface area contributed by atoms with E-state index in [1.807, 2.05) is 36.1 Å². The Morgan fingerprint density at radius 1 is 1.29 bits per heavy atom. The lowest BCUT2D eigenvalue weighted by Crippen LogP contribution is -2.49. The molecule has 0 spiro atoms. The Morgan fingerprint density at radius 2 is 2.04 bits per heavy atom. The summed E-state index contributed by atoms with van der Waals surface area (Å²) in [6.45, 7) is 3.03. The highest BCUT2D eigenvalue weighted by Crippen LogP contribution is 2.38. The number of methoxy groups -OCH3 is 1. The Balaban J connectivity index is 1.92. The molecule has 130 valence electrons. The molecule has 2 fully saturated rings. The second-order valence-corrected chi connectivity index (χ2v) is 6.81. The van der Waals surface area contributed by atoms with Crippen LogP contribution in [-0.2, 0) is 14.3 Å². The number of likely N-dealkylation sites (tertiary alicyclic amines) is 1. The van der Waals surface area contributed by atoms with Gasteiger partial charge in [-0.1, -0.05) is 24.3 Å². The minimum Gasteiger partial charge on any atom is -0.383 e. The van der Waals surface area contributed by atoms with E-state index in [0.29, 0.717) is 32.0 Å². The average Bonchev–Trinajstić information content (AvgIpc) is 3.38. The minimum absolute atomic E-state index is 0.0840. The number of ether oxygens (including phenoxy) is 1. The fourth-order valence-electron chi connectivity index (χ4n) is 3.52. The average molecular weight is 330 g/mol. The molecule has 0 bridgehead atoms. The normalized spacial score (nSPS) is 24.1. The molecule has 1 aromatic rings. The van der Waals surface area contributed by atoms with Gasteiger partial charge in [0.2, 0.25) is 11.8 Å². The second kappa shape index (κ2) is 7.34. The lowest BCUT2D eigenvalue weighted by atomic mass is 9.82. The Bertz CT molecular complexity index is 612. The molecule has 1 N–H and O–H groups in total. The van der Waals surface area contributed by atoms with Gasteiger partial charge in [0.15, 0.2) is 0 Å². The number of hydrogen-bond acceptors (Lipinski definition) is 3. The molecule has 2 aliphatic rings. The number of piperidine rings is 1. The first-order valence-corrected chi connectivity index (χ1v) is 8.76. The lowest BCUT2D eigenvalue weighted by Gasteiger charge is -2.41. The molecule has 1 aliphatic carbocycles. The van der Waals surface area contributed by atoms with Crippen LogP contribution in [0.15, 0.2) is 24.3 Å². The molecule has 5 nitrogen and oxygen atoms in total. The van der Waals surface area contributed by atoms with E-state index in [-0.39, 0.29) is 23.8 Å². The first-order chi connectivity index (χ1) is 11.6. The molecule has 3 rings (SSSR count). The van der Waals surface area contributed by atoms with Gasteiger partial charge in [-0.15, -0.1) is 0 Å². The predicted octanol–water partition coefficient (Wildman–Crippen LogP) is 2.20. The molecule has 5 heteroatoms. The summed E-state index contributed by atoms with van der Waals surface area (Å²) in [5.74, 6) is -0.00213. The van der Waals surface area contributed by atoms with Crippen molar-refractivity contribution in [1.82, 2.24) is 10.2 Å². The van der Waals surface area contributed by atoms with Gasteiger partial charge in [-0.25, -0.2) is 0 Å². The molecule has 1 aromatic carbocycles. The van der Waals surface area contributed by atoms with Gasteiger partial charge in [-0.2, -0.15) is 0 Å². The number of carbonyl (C=O) groups excluding carboxylic acids is 2. The maximum Gasteiger partial charge on any atom is 0.225 e. The predicted molar refractivity (Wildman–Crippen MR) is 91.4 cm³/mol. The van der Waals surface area contributed by atoms with Gasteiger partial charge in [0.25, 0.3) is 0 Å². The molecule has 1 saturated heterocycles. The SMILES string of the molecule is COCCN1C(=O)CC[C@@H](C(=O)NC2CC2)[C@@H]1c1ccccc1C. The highest BCUT2D eigenvalue weighted by Gasteiger charge is 2.42. The second-order valence-electron chi connectivity index (χ2n) is 6.81. The summed E-state index contributed by atoms with van der Waals surface area (Å²) in [7, 11) is 1.63. The third-order valence-electron chi connectivity index (χ3n) is 5.01. The number of carbonyl (C=O) groups is 2. The number of rotatable bonds is 6. The Kier molecular flexibility index (Phi) is 5.19. The summed E-state index contributed by atoms with van der Waals surface area (Å²) >= 11 is 0. The quantitative estimate of drug-likeness (QED) is 0.870. The van der Waals surface area contributed by atoms with E-state index < -0.39 is 0 Å². The van der Waals surface area contributed by atoms with Crippen LogP contribution in [0, 0.1) is 12.8 Å². The minimum atomic E-state index is -0.207. The molecular weight excluding hydrogens is 304 g/mol. The van der Waals surface area contributed by atoms with Gasteiger partial charge in [0.1, 0.15) is 0 Å². The van der Waals surface area contributed by atoms with Crippen LogP contribution in [0.25, 0.3) is 0 Å². The van der Waals surface area contributed by atoms with E-state index in [2.05, 4.69) is 5.32 Å². The van der Waals surface area contributed by atoms with Crippen LogP contribution in [0.5, 0.6) is 0 Å². The van der Waals surface area contributed by atoms with Crippen molar-refractivity contribution in [2.24, 2.45) is 5.92 Å². The number of amides is 2. The third-order valence-corrected chi connectivity index (χ3v) is 5.01. The van der Waals surface area contributed by atoms with Gasteiger partial charge in [0, 0.05) is 26.1 Å². The molecule has 0 aromatic heterocycles. The summed E-state index contributed by atoms with van der Waals surface area (Å²) < 4.78 is 5.18. The first kappa shape index (κ1) is 17.0. The maximum atomic E-state index is 12.8. The summed E-state index contributed by atoms with van der Waals surface area (Å²) in [4.78, 5) is 27.2. The number of aryl methyl sites for hydroxylation is 1. The smallest absolute Gasteiger partial charge is 0.225 e. The van der Waals surface area contributed by atoms with Crippen LogP contribution in [-0.4, -0.2) is 43.0 Å². The Hall–Kier alpha value is -1.88. The van der Waals surface area contributed by atoms with Crippen LogP contribution in [0.1, 0.15) is 42.9 Å². The standard InChI is InChI=1S/C19H26N2O3/c1-13-5-3-4-6-15(13)18-16(19(23)20-14-7-8-14)9-10-17(22)21(18)11-12-24-2/h3-6,14,16,18H,7-12H2,1-2H3,(H,20,23)/t16-,18+/m1/s1. The van der Waals surface area contributed by atoms with Crippen LogP contribution in [0.3, 0.4) is 0 Å². The van der Waals surface area contributed by atoms with Crippen LogP contribution >= 0.6 is 0 Å². The van der Waals surface area contributed by atoms with Crippen molar-refractivity contribution in [3.63, 3.8) is 0 Å². The molecule has 0 unspecified atom stereocenters. The molecule has 2 atom stereocenters. The zero-order chi connectivity index (χ0) is 17.1. The van der Waals surface area contributed by atoms with E-state index in [4.69, 9.17) is 4.74 Å². The molecule has 1 aliphatic heterocycles. The summed E-state index contributed by atoms with van der Waals surface area (Å²) in [6.07, 6.45) is 3.17. The molecular formula is C19H26N2O3. The van der Waals surface area contributed by atoms with Crippen molar-refractivity contribution in [3.8, 4) is 0 Å². The Morgan fingerprint density at radius 3 is 2.71 bits per heavy atom. The molecule has 2 amide bonds. The molecule has 1 heterocycles. The summed E-state index contributed by atoms with van der Waals surface area (Å²) in [5, 5.41) is 3.13. The number of nitrogens with zero attached hydrogens (tertiary/aromatic N) is 1. The fourth-order valence-corrected chi connectivity index (χ4v) is 3.52. The maximum absolute atomic E-state index is 12.8. The van der Waals surface area contributed by atoms with Crippen molar-refractivity contribution >= 4 is 11.8 Å². The monoisotopic (exact) mass is 330 g/mol. The number of benzene rings is 1. The van der Waals surface area contributed by atoms with E-state index in [1.165, 1.54) is 0 Å². The molecule has 0 radical (unpaired) electrons. The zero-order valence-corrected chi connectivity index (χ0v) is 14.5. The zero-order valence-electron chi connectivity index (χ0n) is 14.5. The largest absolute Gasteiger partial charge is 0.383 e. The fraction of sp³-hybridized carbons (Fsp3) is 0.579. The van der Waals surface area contributed by atoms with Crippen molar-refractivity contribution < 1.29 is 14.3 Å². The summed E-state index contributed by atoms with van der Waals surface area (Å²) in [5.41, 5.74) is 2.18. The highest BCUT2D eigenvalue weighted by atomic mass is 16.5. The first-order valence-electron chi connectivity index (χ1n) is 8.76. The third kappa shape index (κ3) is 3.61. The van der Waals surface area contributed by atoms with Crippen molar-refractivity contribution in [2.45, 2.75) is 44.7 Å². The Labute approximate surface area is 143 Å². The highest BCUT2D eigenvalue weighted by molar-refractivity contribution is 5.85. The lowest BCUT2D eigenvalue weighted by molar-refractivity contribution is -0.144. The van der Waals surface area contributed by atoms with Gasteiger partial charge < -0.3 is 15.0 Å². The topological polar surface area (TPSA) is 58.6 Å². The van der Waals surface area contributed by atoms with Crippen LogP contribution < -0.4 is 5.32 Å². The summed E-state index contributed by atoms with van der Waals surface area (Å²) in [6, 6.07) is 8.17. The van der Waals surface area contributed by atoms with Crippen LogP contribution in [0.4, 0.5) is 0 Å². The van der Waals surface area contributed by atoms with Crippen LogP contribution in [0.2, 0.25) is 0 Å². The molecule has 24 heavy (non-hydrogen) atoms. The van der Waals surface area contributed by atoms with Gasteiger partial charge >= 0.3 is 0 Å². The van der Waals surface area contributed by atoms with E-state index in [0.717, 1.165) is 24.0 Å². The van der Waals surface area contributed by atoms with Gasteiger partial charge in [-0.3, -0.25) is 9.59 Å².